The molecule has 3 heteroatoms. The van der Waals surface area contributed by atoms with Crippen LogP contribution >= 0.6 is 0 Å². The molecular weight excluding hydrogens is 212 g/mol. The van der Waals surface area contributed by atoms with Crippen LogP contribution in [-0.2, 0) is 13.2 Å². The summed E-state index contributed by atoms with van der Waals surface area (Å²) in [6, 6.07) is 3.94. The van der Waals surface area contributed by atoms with E-state index in [0.29, 0.717) is 5.92 Å². The number of rotatable bonds is 5. The highest BCUT2D eigenvalue weighted by Crippen LogP contribution is 2.21. The van der Waals surface area contributed by atoms with Crippen LogP contribution in [-0.4, -0.2) is 14.7 Å². The zero-order valence-electron chi connectivity index (χ0n) is 10.6. The van der Waals surface area contributed by atoms with Crippen molar-refractivity contribution in [3.05, 3.63) is 30.1 Å². The second kappa shape index (κ2) is 5.32. The molecule has 1 N–H and O–H groups in total. The van der Waals surface area contributed by atoms with Crippen LogP contribution in [0.1, 0.15) is 32.3 Å². The van der Waals surface area contributed by atoms with Crippen molar-refractivity contribution < 1.29 is 5.11 Å². The smallest absolute Gasteiger partial charge is 0.140 e. The van der Waals surface area contributed by atoms with E-state index in [-0.39, 0.29) is 6.61 Å². The Morgan fingerprint density at radius 2 is 2.29 bits per heavy atom. The number of hydrogen-bond donors (Lipinski definition) is 1. The van der Waals surface area contributed by atoms with Gasteiger partial charge < -0.3 is 9.67 Å². The predicted molar refractivity (Wildman–Crippen MR) is 69.7 cm³/mol. The Kier molecular flexibility index (Phi) is 3.79. The van der Waals surface area contributed by atoms with Crippen molar-refractivity contribution in [2.24, 2.45) is 5.92 Å². The topological polar surface area (TPSA) is 38.0 Å². The van der Waals surface area contributed by atoms with E-state index in [1.165, 1.54) is 12.8 Å². The lowest BCUT2D eigenvalue weighted by atomic mass is 10.1. The van der Waals surface area contributed by atoms with Crippen molar-refractivity contribution in [3.63, 3.8) is 0 Å². The molecule has 2 rings (SSSR count). The molecule has 2 aromatic rings. The van der Waals surface area contributed by atoms with E-state index in [4.69, 9.17) is 0 Å². The second-order valence-electron chi connectivity index (χ2n) is 4.73. The maximum Gasteiger partial charge on any atom is 0.140 e. The van der Waals surface area contributed by atoms with E-state index in [9.17, 15) is 5.11 Å². The fourth-order valence-corrected chi connectivity index (χ4v) is 2.38. The van der Waals surface area contributed by atoms with Gasteiger partial charge >= 0.3 is 0 Å². The molecule has 0 radical (unpaired) electrons. The van der Waals surface area contributed by atoms with Crippen LogP contribution in [0.5, 0.6) is 0 Å². The molecule has 3 nitrogen and oxygen atoms in total. The summed E-state index contributed by atoms with van der Waals surface area (Å²) in [5, 5.41) is 10.4. The van der Waals surface area contributed by atoms with Crippen LogP contribution in [0.25, 0.3) is 11.0 Å². The summed E-state index contributed by atoms with van der Waals surface area (Å²) in [5.74, 6) is 0.643. The third-order valence-electron chi connectivity index (χ3n) is 3.18. The largest absolute Gasteiger partial charge is 0.392 e. The summed E-state index contributed by atoms with van der Waals surface area (Å²) in [6.45, 7) is 5.53. The maximum absolute atomic E-state index is 9.35. The maximum atomic E-state index is 9.35. The number of pyridine rings is 1. The quantitative estimate of drug-likeness (QED) is 0.860. The first kappa shape index (κ1) is 12.1. The first-order valence-electron chi connectivity index (χ1n) is 6.29. The van der Waals surface area contributed by atoms with Gasteiger partial charge in [0, 0.05) is 29.9 Å². The van der Waals surface area contributed by atoms with E-state index >= 15 is 0 Å². The van der Waals surface area contributed by atoms with Crippen LogP contribution in [0.15, 0.2) is 24.5 Å². The van der Waals surface area contributed by atoms with E-state index in [0.717, 1.165) is 23.1 Å². The molecule has 0 spiro atoms. The van der Waals surface area contributed by atoms with Gasteiger partial charge in [-0.25, -0.2) is 4.98 Å². The van der Waals surface area contributed by atoms with Gasteiger partial charge in [0.15, 0.2) is 0 Å². The standard InChI is InChI=1S/C14H20N2O/c1-3-5-11(2)8-16-9-12(10-17)13-6-4-7-15-14(13)16/h4,6-7,9,11,17H,3,5,8,10H2,1-2H3. The fraction of sp³-hybridized carbons (Fsp3) is 0.500. The first-order valence-corrected chi connectivity index (χ1v) is 6.29. The minimum absolute atomic E-state index is 0.0807. The molecule has 0 aliphatic heterocycles. The van der Waals surface area contributed by atoms with Crippen LogP contribution in [0.3, 0.4) is 0 Å². The summed E-state index contributed by atoms with van der Waals surface area (Å²) in [6.07, 6.45) is 6.27. The SMILES string of the molecule is CCCC(C)Cn1cc(CO)c2cccnc21. The van der Waals surface area contributed by atoms with E-state index in [2.05, 4.69) is 23.4 Å². The molecular formula is C14H20N2O. The highest BCUT2D eigenvalue weighted by atomic mass is 16.3. The average molecular weight is 232 g/mol. The number of fused-ring (bicyclic) bond motifs is 1. The van der Waals surface area contributed by atoms with E-state index in [1.54, 1.807) is 0 Å². The summed E-state index contributed by atoms with van der Waals surface area (Å²) in [7, 11) is 0. The molecule has 2 heterocycles. The summed E-state index contributed by atoms with van der Waals surface area (Å²) in [4.78, 5) is 4.41. The Bertz CT molecular complexity index is 490. The van der Waals surface area contributed by atoms with Gasteiger partial charge in [-0.3, -0.25) is 0 Å². The van der Waals surface area contributed by atoms with Gasteiger partial charge in [0.25, 0.3) is 0 Å². The second-order valence-corrected chi connectivity index (χ2v) is 4.73. The molecule has 92 valence electrons. The Morgan fingerprint density at radius 1 is 1.47 bits per heavy atom. The number of nitrogens with zero attached hydrogens (tertiary/aromatic N) is 2. The fourth-order valence-electron chi connectivity index (χ4n) is 2.38. The molecule has 0 amide bonds. The number of hydrogen-bond acceptors (Lipinski definition) is 2. The van der Waals surface area contributed by atoms with Gasteiger partial charge in [0.1, 0.15) is 5.65 Å². The van der Waals surface area contributed by atoms with Crippen LogP contribution < -0.4 is 0 Å². The molecule has 2 aromatic heterocycles. The number of aromatic nitrogens is 2. The monoisotopic (exact) mass is 232 g/mol. The van der Waals surface area contributed by atoms with Crippen LogP contribution in [0, 0.1) is 5.92 Å². The van der Waals surface area contributed by atoms with E-state index < -0.39 is 0 Å². The highest BCUT2D eigenvalue weighted by molar-refractivity contribution is 5.80. The molecule has 0 aliphatic rings. The Labute approximate surface area is 102 Å². The minimum atomic E-state index is 0.0807. The van der Waals surface area contributed by atoms with Crippen LogP contribution in [0.2, 0.25) is 0 Å². The minimum Gasteiger partial charge on any atom is -0.392 e. The van der Waals surface area contributed by atoms with Crippen molar-refractivity contribution in [3.8, 4) is 0 Å². The van der Waals surface area contributed by atoms with E-state index in [1.807, 2.05) is 24.5 Å². The first-order chi connectivity index (χ1) is 8.26. The zero-order valence-corrected chi connectivity index (χ0v) is 10.6. The highest BCUT2D eigenvalue weighted by Gasteiger charge is 2.10. The lowest BCUT2D eigenvalue weighted by molar-refractivity contribution is 0.283. The third-order valence-corrected chi connectivity index (χ3v) is 3.18. The average Bonchev–Trinajstić information content (AvgIpc) is 2.68. The Balaban J connectivity index is 2.33. The molecule has 0 fully saturated rings. The number of aliphatic hydroxyl groups is 1. The zero-order chi connectivity index (χ0) is 12.3. The molecule has 0 aliphatic carbocycles. The molecule has 0 saturated carbocycles. The third kappa shape index (κ3) is 2.50. The Hall–Kier alpha value is -1.35. The summed E-state index contributed by atoms with van der Waals surface area (Å²) in [5.41, 5.74) is 1.95. The molecule has 0 bridgehead atoms. The molecule has 17 heavy (non-hydrogen) atoms. The van der Waals surface area contributed by atoms with Gasteiger partial charge in [0.2, 0.25) is 0 Å². The van der Waals surface area contributed by atoms with Crippen LogP contribution in [0.4, 0.5) is 0 Å². The van der Waals surface area contributed by atoms with Gasteiger partial charge in [-0.2, -0.15) is 0 Å². The van der Waals surface area contributed by atoms with Gasteiger partial charge in [0.05, 0.1) is 6.61 Å². The number of aliphatic hydroxyl groups excluding tert-OH is 1. The predicted octanol–water partition coefficient (Wildman–Crippen LogP) is 2.96. The molecule has 1 atom stereocenters. The van der Waals surface area contributed by atoms with Crippen molar-refractivity contribution in [2.45, 2.75) is 39.8 Å². The van der Waals surface area contributed by atoms with Crippen molar-refractivity contribution in [2.75, 3.05) is 0 Å². The lowest BCUT2D eigenvalue weighted by Gasteiger charge is -2.11. The molecule has 0 saturated heterocycles. The van der Waals surface area contributed by atoms with Gasteiger partial charge in [-0.15, -0.1) is 0 Å². The summed E-state index contributed by atoms with van der Waals surface area (Å²) >= 11 is 0. The lowest BCUT2D eigenvalue weighted by Crippen LogP contribution is -2.06. The van der Waals surface area contributed by atoms with Gasteiger partial charge in [-0.1, -0.05) is 20.3 Å². The molecule has 0 aromatic carbocycles. The summed E-state index contributed by atoms with van der Waals surface area (Å²) < 4.78 is 2.17. The van der Waals surface area contributed by atoms with Crippen molar-refractivity contribution >= 4 is 11.0 Å². The van der Waals surface area contributed by atoms with Gasteiger partial charge in [-0.05, 0) is 24.5 Å². The normalized spacial score (nSPS) is 13.1. The Morgan fingerprint density at radius 3 is 3.00 bits per heavy atom. The van der Waals surface area contributed by atoms with Crippen molar-refractivity contribution in [1.82, 2.24) is 9.55 Å². The molecule has 1 unspecified atom stereocenters. The van der Waals surface area contributed by atoms with Crippen molar-refractivity contribution in [1.29, 1.82) is 0 Å².